The lowest BCUT2D eigenvalue weighted by atomic mass is 10.2. The van der Waals surface area contributed by atoms with E-state index in [9.17, 15) is 13.2 Å². The van der Waals surface area contributed by atoms with E-state index in [1.807, 2.05) is 13.8 Å². The van der Waals surface area contributed by atoms with Crippen LogP contribution >= 0.6 is 28.1 Å². The Morgan fingerprint density at radius 3 is 2.47 bits per heavy atom. The van der Waals surface area contributed by atoms with Gasteiger partial charge in [0.2, 0.25) is 5.88 Å². The molecule has 0 aliphatic heterocycles. The molecule has 3 rings (SSSR count). The Morgan fingerprint density at radius 1 is 1.11 bits per heavy atom. The number of carbonyl (C=O) groups is 1. The molecule has 0 saturated heterocycles. The van der Waals surface area contributed by atoms with Gasteiger partial charge in [0.25, 0.3) is 15.9 Å². The Balaban J connectivity index is 1.59. The summed E-state index contributed by atoms with van der Waals surface area (Å²) < 4.78 is 38.9. The number of rotatable bonds is 9. The molecule has 0 radical (unpaired) electrons. The molecule has 0 aliphatic carbocycles. The van der Waals surface area contributed by atoms with Crippen LogP contribution in [0.2, 0.25) is 0 Å². The number of carbonyl (C=O) groups excluding carboxylic acids is 1. The lowest BCUT2D eigenvalue weighted by Crippen LogP contribution is -2.34. The predicted octanol–water partition coefficient (Wildman–Crippen LogP) is 4.21. The zero-order chi connectivity index (χ0) is 26.3. The summed E-state index contributed by atoms with van der Waals surface area (Å²) in [7, 11) is -2.48. The average Bonchev–Trinajstić information content (AvgIpc) is 2.83. The molecule has 1 heterocycles. The molecular weight excluding hydrogens is 570 g/mol. The Labute approximate surface area is 223 Å². The van der Waals surface area contributed by atoms with E-state index >= 15 is 0 Å². The third kappa shape index (κ3) is 7.60. The number of anilines is 2. The SMILES string of the molecule is COc1cc(NS(=O)(=O)c2ccc(NC(=S)NC(=O)c3ccc(OCC(C)C)c(Br)c3)cc2)ncn1. The quantitative estimate of drug-likeness (QED) is 0.312. The van der Waals surface area contributed by atoms with Gasteiger partial charge < -0.3 is 14.8 Å². The van der Waals surface area contributed by atoms with E-state index < -0.39 is 15.9 Å². The van der Waals surface area contributed by atoms with Gasteiger partial charge in [-0.05, 0) is 76.5 Å². The maximum Gasteiger partial charge on any atom is 0.263 e. The summed E-state index contributed by atoms with van der Waals surface area (Å²) in [6.45, 7) is 4.65. The van der Waals surface area contributed by atoms with Crippen LogP contribution in [0.1, 0.15) is 24.2 Å². The molecule has 0 unspecified atom stereocenters. The van der Waals surface area contributed by atoms with Crippen molar-refractivity contribution in [1.29, 1.82) is 0 Å². The molecular formula is C23H24BrN5O5S2. The fraction of sp³-hybridized carbons (Fsp3) is 0.217. The molecule has 10 nitrogen and oxygen atoms in total. The first-order valence-corrected chi connectivity index (χ1v) is 13.3. The first-order valence-electron chi connectivity index (χ1n) is 10.6. The highest BCUT2D eigenvalue weighted by atomic mass is 79.9. The van der Waals surface area contributed by atoms with Gasteiger partial charge in [-0.3, -0.25) is 14.8 Å². The minimum Gasteiger partial charge on any atom is -0.492 e. The molecule has 2 aromatic carbocycles. The largest absolute Gasteiger partial charge is 0.492 e. The maximum atomic E-state index is 12.6. The number of aromatic nitrogens is 2. The number of amides is 1. The van der Waals surface area contributed by atoms with Crippen molar-refractivity contribution in [3.8, 4) is 11.6 Å². The highest BCUT2D eigenvalue weighted by molar-refractivity contribution is 9.10. The summed E-state index contributed by atoms with van der Waals surface area (Å²) in [6, 6.07) is 12.2. The van der Waals surface area contributed by atoms with Crippen molar-refractivity contribution in [2.45, 2.75) is 18.7 Å². The number of nitrogens with one attached hydrogen (secondary N) is 3. The molecule has 0 fully saturated rings. The average molecular weight is 595 g/mol. The Kier molecular flexibility index (Phi) is 9.18. The van der Waals surface area contributed by atoms with Crippen molar-refractivity contribution in [1.82, 2.24) is 15.3 Å². The number of thiocarbonyl (C=S) groups is 1. The van der Waals surface area contributed by atoms with E-state index in [1.54, 1.807) is 18.2 Å². The summed E-state index contributed by atoms with van der Waals surface area (Å²) in [6.07, 6.45) is 1.19. The number of sulfonamides is 1. The molecule has 0 bridgehead atoms. The molecule has 3 aromatic rings. The first-order chi connectivity index (χ1) is 17.1. The molecule has 0 aliphatic rings. The topological polar surface area (TPSA) is 132 Å². The number of hydrogen-bond donors (Lipinski definition) is 3. The Bertz CT molecular complexity index is 1350. The molecule has 1 aromatic heterocycles. The zero-order valence-electron chi connectivity index (χ0n) is 19.6. The van der Waals surface area contributed by atoms with Crippen LogP contribution in [0.5, 0.6) is 11.6 Å². The van der Waals surface area contributed by atoms with Gasteiger partial charge in [-0.2, -0.15) is 0 Å². The summed E-state index contributed by atoms with van der Waals surface area (Å²) in [4.78, 5) is 20.3. The van der Waals surface area contributed by atoms with Gasteiger partial charge in [-0.1, -0.05) is 13.8 Å². The van der Waals surface area contributed by atoms with Gasteiger partial charge in [-0.15, -0.1) is 0 Å². The summed E-state index contributed by atoms with van der Waals surface area (Å²) in [5.41, 5.74) is 0.873. The van der Waals surface area contributed by atoms with Gasteiger partial charge in [0.05, 0.1) is 23.1 Å². The molecule has 3 N–H and O–H groups in total. The smallest absolute Gasteiger partial charge is 0.263 e. The number of halogens is 1. The van der Waals surface area contributed by atoms with Gasteiger partial charge in [0.15, 0.2) is 5.11 Å². The van der Waals surface area contributed by atoms with Crippen LogP contribution in [-0.4, -0.2) is 43.1 Å². The second-order valence-corrected chi connectivity index (χ2v) is 10.8. The lowest BCUT2D eigenvalue weighted by Gasteiger charge is -2.13. The molecule has 36 heavy (non-hydrogen) atoms. The molecule has 190 valence electrons. The maximum absolute atomic E-state index is 12.6. The van der Waals surface area contributed by atoms with Crippen LogP contribution in [-0.2, 0) is 10.0 Å². The molecule has 0 atom stereocenters. The van der Waals surface area contributed by atoms with E-state index in [2.05, 4.69) is 41.3 Å². The molecule has 0 saturated carbocycles. The zero-order valence-corrected chi connectivity index (χ0v) is 22.8. The summed E-state index contributed by atoms with van der Waals surface area (Å²) in [5, 5.41) is 5.50. The summed E-state index contributed by atoms with van der Waals surface area (Å²) in [5.74, 6) is 0.896. The van der Waals surface area contributed by atoms with Crippen molar-refractivity contribution in [2.75, 3.05) is 23.8 Å². The van der Waals surface area contributed by atoms with Gasteiger partial charge in [0, 0.05) is 17.3 Å². The number of nitrogens with zero attached hydrogens (tertiary/aromatic N) is 2. The van der Waals surface area contributed by atoms with Crippen LogP contribution in [0.15, 0.2) is 64.2 Å². The van der Waals surface area contributed by atoms with Crippen LogP contribution in [0.4, 0.5) is 11.5 Å². The van der Waals surface area contributed by atoms with Crippen molar-refractivity contribution >= 4 is 60.7 Å². The lowest BCUT2D eigenvalue weighted by molar-refractivity contribution is 0.0977. The minimum absolute atomic E-state index is 0.00482. The molecule has 0 spiro atoms. The molecule has 1 amide bonds. The van der Waals surface area contributed by atoms with E-state index in [-0.39, 0.29) is 21.7 Å². The monoisotopic (exact) mass is 593 g/mol. The standard InChI is InChI=1S/C23H24BrN5O5S2/c1-14(2)12-34-19-9-4-15(10-18(19)24)22(30)28-23(35)27-16-5-7-17(8-6-16)36(31,32)29-20-11-21(33-3)26-13-25-20/h4-11,13-14H,12H2,1-3H3,(H,25,26,29)(H2,27,28,30,35). The highest BCUT2D eigenvalue weighted by Gasteiger charge is 2.16. The third-order valence-corrected chi connectivity index (χ3v) is 6.70. The second-order valence-electron chi connectivity index (χ2n) is 7.83. The highest BCUT2D eigenvalue weighted by Crippen LogP contribution is 2.26. The number of ether oxygens (including phenoxy) is 2. The number of methoxy groups -OCH3 is 1. The van der Waals surface area contributed by atoms with Gasteiger partial charge >= 0.3 is 0 Å². The Morgan fingerprint density at radius 2 is 1.83 bits per heavy atom. The predicted molar refractivity (Wildman–Crippen MR) is 144 cm³/mol. The number of hydrogen-bond acceptors (Lipinski definition) is 8. The fourth-order valence-electron chi connectivity index (χ4n) is 2.77. The molecule has 13 heteroatoms. The summed E-state index contributed by atoms with van der Waals surface area (Å²) >= 11 is 8.64. The van der Waals surface area contributed by atoms with Crippen LogP contribution in [0.3, 0.4) is 0 Å². The van der Waals surface area contributed by atoms with Gasteiger partial charge in [0.1, 0.15) is 17.9 Å². The van der Waals surface area contributed by atoms with E-state index in [0.717, 1.165) is 0 Å². The van der Waals surface area contributed by atoms with Crippen molar-refractivity contribution < 1.29 is 22.7 Å². The van der Waals surface area contributed by atoms with Crippen molar-refractivity contribution in [2.24, 2.45) is 5.92 Å². The normalized spacial score (nSPS) is 11.0. The van der Waals surface area contributed by atoms with Crippen LogP contribution in [0.25, 0.3) is 0 Å². The van der Waals surface area contributed by atoms with Crippen molar-refractivity contribution in [3.63, 3.8) is 0 Å². The fourth-order valence-corrected chi connectivity index (χ4v) is 4.48. The first kappa shape index (κ1) is 27.3. The van der Waals surface area contributed by atoms with E-state index in [4.69, 9.17) is 21.7 Å². The second kappa shape index (κ2) is 12.1. The van der Waals surface area contributed by atoms with Crippen LogP contribution < -0.4 is 24.8 Å². The van der Waals surface area contributed by atoms with Gasteiger partial charge in [-0.25, -0.2) is 18.4 Å². The number of benzene rings is 2. The Hall–Kier alpha value is -3.29. The minimum atomic E-state index is -3.90. The van der Waals surface area contributed by atoms with Crippen LogP contribution in [0, 0.1) is 5.92 Å². The van der Waals surface area contributed by atoms with Crippen molar-refractivity contribution in [3.05, 3.63) is 64.9 Å². The van der Waals surface area contributed by atoms with E-state index in [1.165, 1.54) is 43.8 Å². The van der Waals surface area contributed by atoms with E-state index in [0.29, 0.717) is 34.0 Å². The third-order valence-electron chi connectivity index (χ3n) is 4.51.